The Kier molecular flexibility index (Phi) is 5.57. The SMILES string of the molecule is CCC1(COc2cc(C(=O)O)nc3c2c(C2CCC2)nn3-c2ccccc2)COCOC1. The lowest BCUT2D eigenvalue weighted by Crippen LogP contribution is -2.41. The largest absolute Gasteiger partial charge is 0.492 e. The van der Waals surface area contributed by atoms with Crippen LogP contribution in [0.4, 0.5) is 0 Å². The summed E-state index contributed by atoms with van der Waals surface area (Å²) in [5.74, 6) is -0.268. The summed E-state index contributed by atoms with van der Waals surface area (Å²) in [6.07, 6.45) is 4.10. The molecule has 1 saturated heterocycles. The summed E-state index contributed by atoms with van der Waals surface area (Å²) in [6.45, 7) is 3.83. The van der Waals surface area contributed by atoms with Gasteiger partial charge in [0.25, 0.3) is 0 Å². The molecule has 0 radical (unpaired) electrons. The highest BCUT2D eigenvalue weighted by Gasteiger charge is 2.35. The van der Waals surface area contributed by atoms with Crippen molar-refractivity contribution < 1.29 is 24.1 Å². The lowest BCUT2D eigenvalue weighted by Gasteiger charge is -2.35. The molecule has 8 nitrogen and oxygen atoms in total. The number of carboxylic acid groups (broad SMARTS) is 1. The highest BCUT2D eigenvalue weighted by Crippen LogP contribution is 2.43. The maximum atomic E-state index is 11.9. The molecule has 3 aromatic rings. The molecule has 5 rings (SSSR count). The fourth-order valence-corrected chi connectivity index (χ4v) is 4.29. The van der Waals surface area contributed by atoms with Gasteiger partial charge < -0.3 is 19.3 Å². The third-order valence-electron chi connectivity index (χ3n) is 6.61. The van der Waals surface area contributed by atoms with Crippen LogP contribution in [-0.2, 0) is 9.47 Å². The van der Waals surface area contributed by atoms with E-state index in [0.29, 0.717) is 43.9 Å². The summed E-state index contributed by atoms with van der Waals surface area (Å²) < 4.78 is 19.2. The van der Waals surface area contributed by atoms with Crippen molar-refractivity contribution in [3.05, 3.63) is 47.8 Å². The smallest absolute Gasteiger partial charge is 0.354 e. The number of para-hydroxylation sites is 1. The zero-order valence-corrected chi connectivity index (χ0v) is 18.1. The molecule has 0 unspecified atom stereocenters. The third-order valence-corrected chi connectivity index (χ3v) is 6.61. The number of hydrogen-bond donors (Lipinski definition) is 1. The van der Waals surface area contributed by atoms with Gasteiger partial charge in [0.1, 0.15) is 12.5 Å². The maximum Gasteiger partial charge on any atom is 0.354 e. The Balaban J connectivity index is 1.64. The molecule has 1 saturated carbocycles. The zero-order valence-electron chi connectivity index (χ0n) is 18.1. The summed E-state index contributed by atoms with van der Waals surface area (Å²) in [6, 6.07) is 11.2. The Labute approximate surface area is 186 Å². The van der Waals surface area contributed by atoms with Crippen LogP contribution < -0.4 is 4.74 Å². The van der Waals surface area contributed by atoms with Gasteiger partial charge in [-0.1, -0.05) is 31.5 Å². The summed E-state index contributed by atoms with van der Waals surface area (Å²) >= 11 is 0. The van der Waals surface area contributed by atoms with Crippen molar-refractivity contribution in [2.24, 2.45) is 5.41 Å². The summed E-state index contributed by atoms with van der Waals surface area (Å²) in [4.78, 5) is 16.4. The second-order valence-corrected chi connectivity index (χ2v) is 8.73. The fourth-order valence-electron chi connectivity index (χ4n) is 4.29. The number of ether oxygens (including phenoxy) is 3. The molecule has 168 valence electrons. The molecule has 0 amide bonds. The number of benzene rings is 1. The van der Waals surface area contributed by atoms with Crippen molar-refractivity contribution in [2.75, 3.05) is 26.6 Å². The van der Waals surface area contributed by atoms with Crippen LogP contribution in [0.5, 0.6) is 5.75 Å². The van der Waals surface area contributed by atoms with E-state index in [2.05, 4.69) is 11.9 Å². The molecule has 2 aliphatic rings. The molecule has 0 atom stereocenters. The first-order valence-electron chi connectivity index (χ1n) is 11.1. The quantitative estimate of drug-likeness (QED) is 0.593. The number of rotatable bonds is 7. The van der Waals surface area contributed by atoms with Gasteiger partial charge in [0.15, 0.2) is 11.3 Å². The number of fused-ring (bicyclic) bond motifs is 1. The fraction of sp³-hybridized carbons (Fsp3) is 0.458. The number of pyridine rings is 1. The van der Waals surface area contributed by atoms with Crippen LogP contribution >= 0.6 is 0 Å². The molecule has 0 spiro atoms. The standard InChI is InChI=1S/C24H27N3O5/c1-2-24(12-30-15-31-13-24)14-32-19-11-18(23(28)29)25-22-20(19)21(16-7-6-8-16)26-27(22)17-9-4-3-5-10-17/h3-5,9-11,16H,2,6-8,12-15H2,1H3,(H,28,29). The van der Waals surface area contributed by atoms with Gasteiger partial charge in [-0.05, 0) is 31.4 Å². The number of aromatic nitrogens is 3. The van der Waals surface area contributed by atoms with Crippen LogP contribution in [-0.4, -0.2) is 52.5 Å². The first kappa shape index (κ1) is 20.9. The predicted octanol–water partition coefficient (Wildman–Crippen LogP) is 4.17. The average Bonchev–Trinajstić information content (AvgIpc) is 3.16. The molecular weight excluding hydrogens is 410 g/mol. The summed E-state index contributed by atoms with van der Waals surface area (Å²) in [7, 11) is 0. The van der Waals surface area contributed by atoms with E-state index in [1.54, 1.807) is 4.68 Å². The van der Waals surface area contributed by atoms with Crippen LogP contribution in [0.1, 0.15) is 54.7 Å². The predicted molar refractivity (Wildman–Crippen MR) is 117 cm³/mol. The first-order valence-corrected chi connectivity index (χ1v) is 11.1. The molecule has 0 bridgehead atoms. The van der Waals surface area contributed by atoms with Gasteiger partial charge in [0.05, 0.1) is 42.0 Å². The van der Waals surface area contributed by atoms with Gasteiger partial charge in [0.2, 0.25) is 0 Å². The lowest BCUT2D eigenvalue weighted by molar-refractivity contribution is -0.174. The molecule has 1 aliphatic carbocycles. The molecule has 2 aromatic heterocycles. The number of carbonyl (C=O) groups is 1. The molecule has 8 heteroatoms. The lowest BCUT2D eigenvalue weighted by atomic mass is 9.82. The van der Waals surface area contributed by atoms with E-state index >= 15 is 0 Å². The Morgan fingerprint density at radius 3 is 2.62 bits per heavy atom. The van der Waals surface area contributed by atoms with Crippen LogP contribution in [0.25, 0.3) is 16.7 Å². The van der Waals surface area contributed by atoms with Crippen molar-refractivity contribution >= 4 is 17.0 Å². The molecule has 1 aliphatic heterocycles. The second kappa shape index (κ2) is 8.52. The minimum absolute atomic E-state index is 0.0635. The van der Waals surface area contributed by atoms with E-state index in [4.69, 9.17) is 19.3 Å². The minimum atomic E-state index is -1.10. The normalized spacial score (nSPS) is 18.4. The highest BCUT2D eigenvalue weighted by atomic mass is 16.7. The van der Waals surface area contributed by atoms with Gasteiger partial charge in [-0.15, -0.1) is 0 Å². The Bertz CT molecular complexity index is 1120. The summed E-state index contributed by atoms with van der Waals surface area (Å²) in [5, 5.41) is 15.4. The van der Waals surface area contributed by atoms with E-state index < -0.39 is 5.97 Å². The summed E-state index contributed by atoms with van der Waals surface area (Å²) in [5.41, 5.74) is 1.93. The van der Waals surface area contributed by atoms with E-state index in [9.17, 15) is 9.90 Å². The first-order chi connectivity index (χ1) is 15.6. The van der Waals surface area contributed by atoms with Gasteiger partial charge >= 0.3 is 5.97 Å². The van der Waals surface area contributed by atoms with Gasteiger partial charge in [-0.3, -0.25) is 0 Å². The molecule has 1 N–H and O–H groups in total. The highest BCUT2D eigenvalue weighted by molar-refractivity contribution is 5.94. The van der Waals surface area contributed by atoms with Crippen molar-refractivity contribution in [3.8, 4) is 11.4 Å². The zero-order chi connectivity index (χ0) is 22.1. The van der Waals surface area contributed by atoms with Gasteiger partial charge in [0, 0.05) is 12.0 Å². The second-order valence-electron chi connectivity index (χ2n) is 8.73. The Hall–Kier alpha value is -2.97. The molecule has 32 heavy (non-hydrogen) atoms. The minimum Gasteiger partial charge on any atom is -0.492 e. The molecular formula is C24H27N3O5. The molecule has 1 aromatic carbocycles. The van der Waals surface area contributed by atoms with Crippen LogP contribution in [0.15, 0.2) is 36.4 Å². The van der Waals surface area contributed by atoms with Crippen LogP contribution in [0, 0.1) is 5.41 Å². The molecule has 3 heterocycles. The van der Waals surface area contributed by atoms with E-state index in [0.717, 1.165) is 42.5 Å². The van der Waals surface area contributed by atoms with E-state index in [-0.39, 0.29) is 11.1 Å². The van der Waals surface area contributed by atoms with Crippen molar-refractivity contribution in [1.82, 2.24) is 14.8 Å². The van der Waals surface area contributed by atoms with Crippen molar-refractivity contribution in [1.29, 1.82) is 0 Å². The Morgan fingerprint density at radius 1 is 1.25 bits per heavy atom. The monoisotopic (exact) mass is 437 g/mol. The van der Waals surface area contributed by atoms with Crippen molar-refractivity contribution in [2.45, 2.75) is 38.5 Å². The van der Waals surface area contributed by atoms with Gasteiger partial charge in [-0.25, -0.2) is 14.5 Å². The van der Waals surface area contributed by atoms with E-state index in [1.165, 1.54) is 6.07 Å². The average molecular weight is 437 g/mol. The molecule has 2 fully saturated rings. The Morgan fingerprint density at radius 2 is 2.00 bits per heavy atom. The van der Waals surface area contributed by atoms with Crippen molar-refractivity contribution in [3.63, 3.8) is 0 Å². The number of hydrogen-bond acceptors (Lipinski definition) is 6. The van der Waals surface area contributed by atoms with E-state index in [1.807, 2.05) is 30.3 Å². The number of aromatic carboxylic acids is 1. The van der Waals surface area contributed by atoms with Crippen LogP contribution in [0.2, 0.25) is 0 Å². The number of carboxylic acids is 1. The van der Waals surface area contributed by atoms with Crippen LogP contribution in [0.3, 0.4) is 0 Å². The topological polar surface area (TPSA) is 95.7 Å². The van der Waals surface area contributed by atoms with Gasteiger partial charge in [-0.2, -0.15) is 5.10 Å². The number of nitrogens with zero attached hydrogens (tertiary/aromatic N) is 3. The third kappa shape index (κ3) is 3.73. The maximum absolute atomic E-state index is 11.9.